The van der Waals surface area contributed by atoms with Crippen LogP contribution in [0.3, 0.4) is 0 Å². The molecule has 0 saturated carbocycles. The zero-order chi connectivity index (χ0) is 12.8. The fourth-order valence-corrected chi connectivity index (χ4v) is 0.780. The number of aliphatic hydroxyl groups is 2. The third-order valence-corrected chi connectivity index (χ3v) is 2.04. The molecule has 0 aliphatic rings. The second-order valence-electron chi connectivity index (χ2n) is 3.91. The highest BCUT2D eigenvalue weighted by molar-refractivity contribution is 5.85. The van der Waals surface area contributed by atoms with Gasteiger partial charge in [0.15, 0.2) is 0 Å². The van der Waals surface area contributed by atoms with Crippen LogP contribution in [0.25, 0.3) is 0 Å². The number of rotatable bonds is 5. The van der Waals surface area contributed by atoms with Crippen LogP contribution in [0.1, 0.15) is 13.8 Å². The van der Waals surface area contributed by atoms with E-state index in [9.17, 15) is 14.7 Å². The van der Waals surface area contributed by atoms with Gasteiger partial charge in [0.1, 0.15) is 6.10 Å². The molecule has 0 unspecified atom stereocenters. The van der Waals surface area contributed by atoms with Gasteiger partial charge in [-0.25, -0.2) is 4.79 Å². The number of methoxy groups -OCH3 is 1. The van der Waals surface area contributed by atoms with Gasteiger partial charge in [-0.1, -0.05) is 13.8 Å². The van der Waals surface area contributed by atoms with Crippen LogP contribution in [0.15, 0.2) is 12.3 Å². The van der Waals surface area contributed by atoms with Crippen LogP contribution in [0, 0.1) is 5.41 Å². The summed E-state index contributed by atoms with van der Waals surface area (Å²) in [5.74, 6) is -1.31. The zero-order valence-electron chi connectivity index (χ0n) is 9.56. The lowest BCUT2D eigenvalue weighted by Gasteiger charge is -2.26. The molecule has 1 amide bonds. The van der Waals surface area contributed by atoms with Crippen LogP contribution in [0.4, 0.5) is 0 Å². The Balaban J connectivity index is 4.27. The minimum absolute atomic E-state index is 0.331. The molecule has 0 rings (SSSR count). The maximum atomic E-state index is 11.3. The van der Waals surface area contributed by atoms with E-state index in [4.69, 9.17) is 5.11 Å². The first-order valence-corrected chi connectivity index (χ1v) is 4.69. The van der Waals surface area contributed by atoms with Gasteiger partial charge in [-0.05, 0) is 0 Å². The Morgan fingerprint density at radius 2 is 2.06 bits per heavy atom. The summed E-state index contributed by atoms with van der Waals surface area (Å²) in [6, 6.07) is 0. The summed E-state index contributed by atoms with van der Waals surface area (Å²) >= 11 is 0. The summed E-state index contributed by atoms with van der Waals surface area (Å²) in [5, 5.41) is 20.7. The minimum Gasteiger partial charge on any atom is -0.466 e. The van der Waals surface area contributed by atoms with Crippen molar-refractivity contribution in [2.24, 2.45) is 5.41 Å². The Kier molecular flexibility index (Phi) is 5.69. The van der Waals surface area contributed by atoms with E-state index in [1.807, 2.05) is 0 Å². The highest BCUT2D eigenvalue weighted by Gasteiger charge is 2.32. The summed E-state index contributed by atoms with van der Waals surface area (Å²) in [7, 11) is 1.21. The van der Waals surface area contributed by atoms with Crippen molar-refractivity contribution >= 4 is 11.9 Å². The average Bonchev–Trinajstić information content (AvgIpc) is 2.27. The molecule has 0 aromatic carbocycles. The molecule has 0 aliphatic carbocycles. The van der Waals surface area contributed by atoms with E-state index in [0.717, 1.165) is 12.3 Å². The molecule has 0 aromatic heterocycles. The van der Waals surface area contributed by atoms with Crippen LogP contribution in [0.2, 0.25) is 0 Å². The van der Waals surface area contributed by atoms with Crippen molar-refractivity contribution in [2.75, 3.05) is 13.7 Å². The fourth-order valence-electron chi connectivity index (χ4n) is 0.780. The van der Waals surface area contributed by atoms with E-state index in [1.54, 1.807) is 13.8 Å². The molecule has 6 nitrogen and oxygen atoms in total. The molecule has 0 heterocycles. The largest absolute Gasteiger partial charge is 0.466 e. The van der Waals surface area contributed by atoms with E-state index >= 15 is 0 Å². The molecule has 0 aromatic rings. The Bertz CT molecular complexity index is 285. The molecule has 0 bridgehead atoms. The zero-order valence-corrected chi connectivity index (χ0v) is 9.56. The van der Waals surface area contributed by atoms with Crippen LogP contribution in [-0.4, -0.2) is 41.9 Å². The molecule has 6 heteroatoms. The van der Waals surface area contributed by atoms with Crippen LogP contribution in [0.5, 0.6) is 0 Å². The van der Waals surface area contributed by atoms with Crippen molar-refractivity contribution in [1.29, 1.82) is 0 Å². The second-order valence-corrected chi connectivity index (χ2v) is 3.91. The van der Waals surface area contributed by atoms with Gasteiger partial charge in [-0.3, -0.25) is 4.79 Å². The van der Waals surface area contributed by atoms with E-state index in [-0.39, 0.29) is 6.61 Å². The second kappa shape index (κ2) is 6.24. The lowest BCUT2D eigenvalue weighted by Crippen LogP contribution is -2.44. The smallest absolute Gasteiger partial charge is 0.331 e. The normalized spacial score (nSPS) is 13.6. The lowest BCUT2D eigenvalue weighted by molar-refractivity contribution is -0.136. The van der Waals surface area contributed by atoms with Gasteiger partial charge in [-0.2, -0.15) is 0 Å². The Morgan fingerprint density at radius 1 is 1.50 bits per heavy atom. The standard InChI is InChI=1S/C10H17NO5/c1-10(2,6-12)8(14)9(15)11-5-4-7(13)16-3/h4-5,8,12,14H,6H2,1-3H3,(H,11,15)/b5-4-/t8-/m0/s1. The molecule has 16 heavy (non-hydrogen) atoms. The van der Waals surface area contributed by atoms with Gasteiger partial charge >= 0.3 is 5.97 Å². The summed E-state index contributed by atoms with van der Waals surface area (Å²) in [4.78, 5) is 22.0. The number of esters is 1. The molecule has 0 fully saturated rings. The summed E-state index contributed by atoms with van der Waals surface area (Å²) < 4.78 is 4.30. The number of nitrogens with one attached hydrogen (secondary N) is 1. The Labute approximate surface area is 93.9 Å². The van der Waals surface area contributed by atoms with Crippen molar-refractivity contribution in [2.45, 2.75) is 20.0 Å². The lowest BCUT2D eigenvalue weighted by atomic mass is 9.87. The van der Waals surface area contributed by atoms with Crippen molar-refractivity contribution in [1.82, 2.24) is 5.32 Å². The first-order chi connectivity index (χ1) is 7.35. The van der Waals surface area contributed by atoms with E-state index in [1.165, 1.54) is 7.11 Å². The average molecular weight is 231 g/mol. The number of amides is 1. The fraction of sp³-hybridized carbons (Fsp3) is 0.600. The predicted molar refractivity (Wildman–Crippen MR) is 56.2 cm³/mol. The highest BCUT2D eigenvalue weighted by atomic mass is 16.5. The van der Waals surface area contributed by atoms with E-state index < -0.39 is 23.4 Å². The van der Waals surface area contributed by atoms with Crippen LogP contribution < -0.4 is 5.32 Å². The highest BCUT2D eigenvalue weighted by Crippen LogP contribution is 2.19. The molecule has 3 N–H and O–H groups in total. The van der Waals surface area contributed by atoms with Gasteiger partial charge in [0, 0.05) is 17.7 Å². The van der Waals surface area contributed by atoms with Crippen molar-refractivity contribution in [3.05, 3.63) is 12.3 Å². The van der Waals surface area contributed by atoms with Gasteiger partial charge in [-0.15, -0.1) is 0 Å². The topological polar surface area (TPSA) is 95.9 Å². The van der Waals surface area contributed by atoms with E-state index in [0.29, 0.717) is 0 Å². The number of hydrogen-bond acceptors (Lipinski definition) is 5. The van der Waals surface area contributed by atoms with Crippen LogP contribution in [-0.2, 0) is 14.3 Å². The van der Waals surface area contributed by atoms with Gasteiger partial charge in [0.25, 0.3) is 5.91 Å². The molecule has 0 aliphatic heterocycles. The van der Waals surface area contributed by atoms with E-state index in [2.05, 4.69) is 10.1 Å². The number of aliphatic hydroxyl groups excluding tert-OH is 2. The Hall–Kier alpha value is -1.40. The molecule has 0 radical (unpaired) electrons. The first-order valence-electron chi connectivity index (χ1n) is 4.69. The molecular formula is C10H17NO5. The maximum Gasteiger partial charge on any atom is 0.331 e. The van der Waals surface area contributed by atoms with Crippen LogP contribution >= 0.6 is 0 Å². The summed E-state index contributed by atoms with van der Waals surface area (Å²) in [6.45, 7) is 2.75. The minimum atomic E-state index is -1.36. The summed E-state index contributed by atoms with van der Waals surface area (Å²) in [5.41, 5.74) is -0.941. The van der Waals surface area contributed by atoms with Crippen molar-refractivity contribution < 1.29 is 24.5 Å². The molecular weight excluding hydrogens is 214 g/mol. The number of carbonyl (C=O) groups is 2. The van der Waals surface area contributed by atoms with Crippen molar-refractivity contribution in [3.63, 3.8) is 0 Å². The van der Waals surface area contributed by atoms with Crippen molar-refractivity contribution in [3.8, 4) is 0 Å². The van der Waals surface area contributed by atoms with Gasteiger partial charge in [0.2, 0.25) is 0 Å². The maximum absolute atomic E-state index is 11.3. The third kappa shape index (κ3) is 4.41. The predicted octanol–water partition coefficient (Wildman–Crippen LogP) is -0.831. The molecule has 0 saturated heterocycles. The van der Waals surface area contributed by atoms with Gasteiger partial charge in [0.05, 0.1) is 13.7 Å². The number of carbonyl (C=O) groups excluding carboxylic acids is 2. The third-order valence-electron chi connectivity index (χ3n) is 2.04. The molecule has 0 spiro atoms. The summed E-state index contributed by atoms with van der Waals surface area (Å²) in [6.07, 6.45) is 0.723. The first kappa shape index (κ1) is 14.6. The number of hydrogen-bond donors (Lipinski definition) is 3. The van der Waals surface area contributed by atoms with Gasteiger partial charge < -0.3 is 20.3 Å². The Morgan fingerprint density at radius 3 is 2.50 bits per heavy atom. The quantitative estimate of drug-likeness (QED) is 0.424. The molecule has 1 atom stereocenters. The SMILES string of the molecule is COC(=O)/C=C\NC(=O)[C@H](O)C(C)(C)CO. The molecule has 92 valence electrons. The monoisotopic (exact) mass is 231 g/mol. The number of ether oxygens (including phenoxy) is 1.